The van der Waals surface area contributed by atoms with E-state index in [1.165, 1.54) is 27.7 Å². The molecule has 24 heavy (non-hydrogen) atoms. The van der Waals surface area contributed by atoms with Crippen LogP contribution >= 0.6 is 0 Å². The molecule has 3 nitrogen and oxygen atoms in total. The fraction of sp³-hybridized carbons (Fsp3) is 0.571. The van der Waals surface area contributed by atoms with Gasteiger partial charge < -0.3 is 10.3 Å². The molecule has 0 unspecified atom stereocenters. The van der Waals surface area contributed by atoms with E-state index >= 15 is 0 Å². The molecule has 3 heteroatoms. The van der Waals surface area contributed by atoms with E-state index in [1.807, 2.05) is 0 Å². The van der Waals surface area contributed by atoms with E-state index in [2.05, 4.69) is 49.3 Å². The highest BCUT2D eigenvalue weighted by molar-refractivity contribution is 5.87. The van der Waals surface area contributed by atoms with Gasteiger partial charge in [0.15, 0.2) is 0 Å². The number of para-hydroxylation sites is 1. The number of benzene rings is 1. The highest BCUT2D eigenvalue weighted by Gasteiger charge is 2.26. The van der Waals surface area contributed by atoms with Gasteiger partial charge in [-0.3, -0.25) is 4.79 Å². The average molecular weight is 326 g/mol. The minimum Gasteiger partial charge on any atom is -0.358 e. The van der Waals surface area contributed by atoms with Gasteiger partial charge in [-0.15, -0.1) is 0 Å². The largest absolute Gasteiger partial charge is 0.358 e. The number of rotatable bonds is 6. The standard InChI is InChI=1S/C21H30N2O/c1-4-6-9-15(5-2)21(24)22-16-11-12-19-18(13-16)17-10-7-8-14(3)20(17)23-19/h7-8,10,15-16,23H,4-6,9,11-13H2,1-3H3,(H,22,24)/t15-,16+/m0/s1. The number of hydrogen-bond donors (Lipinski definition) is 2. The topological polar surface area (TPSA) is 44.9 Å². The quantitative estimate of drug-likeness (QED) is 0.796. The first-order valence-electron chi connectivity index (χ1n) is 9.53. The Morgan fingerprint density at radius 1 is 1.38 bits per heavy atom. The van der Waals surface area contributed by atoms with E-state index in [0.29, 0.717) is 0 Å². The van der Waals surface area contributed by atoms with E-state index < -0.39 is 0 Å². The summed E-state index contributed by atoms with van der Waals surface area (Å²) in [5, 5.41) is 4.67. The summed E-state index contributed by atoms with van der Waals surface area (Å²) in [5.74, 6) is 0.437. The minimum atomic E-state index is 0.177. The number of hydrogen-bond acceptors (Lipinski definition) is 1. The van der Waals surface area contributed by atoms with Gasteiger partial charge in [-0.25, -0.2) is 0 Å². The van der Waals surface area contributed by atoms with Crippen molar-refractivity contribution in [3.8, 4) is 0 Å². The van der Waals surface area contributed by atoms with Crippen LogP contribution in [-0.2, 0) is 17.6 Å². The lowest BCUT2D eigenvalue weighted by Crippen LogP contribution is -2.41. The molecule has 0 spiro atoms. The van der Waals surface area contributed by atoms with E-state index in [-0.39, 0.29) is 17.9 Å². The van der Waals surface area contributed by atoms with Crippen molar-refractivity contribution in [1.82, 2.24) is 10.3 Å². The van der Waals surface area contributed by atoms with Gasteiger partial charge >= 0.3 is 0 Å². The first-order chi connectivity index (χ1) is 11.6. The van der Waals surface area contributed by atoms with Crippen LogP contribution in [0.5, 0.6) is 0 Å². The number of fused-ring (bicyclic) bond motifs is 3. The fourth-order valence-electron chi connectivity index (χ4n) is 4.00. The van der Waals surface area contributed by atoms with Gasteiger partial charge in [0.25, 0.3) is 0 Å². The molecule has 3 rings (SSSR count). The van der Waals surface area contributed by atoms with Crippen LogP contribution in [0.15, 0.2) is 18.2 Å². The Morgan fingerprint density at radius 2 is 2.21 bits per heavy atom. The second kappa shape index (κ2) is 7.42. The first-order valence-corrected chi connectivity index (χ1v) is 9.53. The van der Waals surface area contributed by atoms with Gasteiger partial charge in [0, 0.05) is 28.6 Å². The zero-order valence-electron chi connectivity index (χ0n) is 15.2. The Bertz CT molecular complexity index is 716. The molecule has 2 aromatic rings. The van der Waals surface area contributed by atoms with Crippen molar-refractivity contribution in [3.05, 3.63) is 35.0 Å². The summed E-state index contributed by atoms with van der Waals surface area (Å²) in [4.78, 5) is 16.2. The number of H-pyrrole nitrogens is 1. The number of unbranched alkanes of at least 4 members (excludes halogenated alkanes) is 1. The van der Waals surface area contributed by atoms with Gasteiger partial charge in [0.2, 0.25) is 5.91 Å². The molecule has 1 heterocycles. The number of carbonyl (C=O) groups excluding carboxylic acids is 1. The maximum Gasteiger partial charge on any atom is 0.223 e. The number of amides is 1. The van der Waals surface area contributed by atoms with Crippen LogP contribution in [0.25, 0.3) is 10.9 Å². The summed E-state index contributed by atoms with van der Waals surface area (Å²) in [6.45, 7) is 6.47. The van der Waals surface area contributed by atoms with Crippen LogP contribution in [0.2, 0.25) is 0 Å². The van der Waals surface area contributed by atoms with Crippen LogP contribution in [0.4, 0.5) is 0 Å². The molecular weight excluding hydrogens is 296 g/mol. The van der Waals surface area contributed by atoms with Crippen molar-refractivity contribution in [2.45, 2.75) is 71.8 Å². The van der Waals surface area contributed by atoms with Crippen molar-refractivity contribution >= 4 is 16.8 Å². The summed E-state index contributed by atoms with van der Waals surface area (Å²) < 4.78 is 0. The van der Waals surface area contributed by atoms with Gasteiger partial charge in [-0.1, -0.05) is 44.9 Å². The second-order valence-corrected chi connectivity index (χ2v) is 7.28. The van der Waals surface area contributed by atoms with Crippen molar-refractivity contribution in [2.24, 2.45) is 5.92 Å². The molecule has 1 aliphatic carbocycles. The molecule has 1 aromatic heterocycles. The Hall–Kier alpha value is -1.77. The molecular formula is C21H30N2O. The predicted molar refractivity (Wildman–Crippen MR) is 100 cm³/mol. The Balaban J connectivity index is 1.72. The molecule has 1 aromatic carbocycles. The number of aromatic nitrogens is 1. The van der Waals surface area contributed by atoms with E-state index in [1.54, 1.807) is 0 Å². The minimum absolute atomic E-state index is 0.177. The van der Waals surface area contributed by atoms with E-state index in [9.17, 15) is 4.79 Å². The lowest BCUT2D eigenvalue weighted by Gasteiger charge is -2.26. The number of carbonyl (C=O) groups is 1. The monoisotopic (exact) mass is 326 g/mol. The molecule has 0 saturated carbocycles. The second-order valence-electron chi connectivity index (χ2n) is 7.28. The number of nitrogens with one attached hydrogen (secondary N) is 2. The van der Waals surface area contributed by atoms with Crippen molar-refractivity contribution in [1.29, 1.82) is 0 Å². The van der Waals surface area contributed by atoms with Crippen molar-refractivity contribution < 1.29 is 4.79 Å². The third-order valence-corrected chi connectivity index (χ3v) is 5.55. The summed E-state index contributed by atoms with van der Waals surface area (Å²) >= 11 is 0. The molecule has 130 valence electrons. The first kappa shape index (κ1) is 17.1. The summed E-state index contributed by atoms with van der Waals surface area (Å²) in [7, 11) is 0. The van der Waals surface area contributed by atoms with Crippen LogP contribution in [0.1, 0.15) is 62.8 Å². The molecule has 1 amide bonds. The molecule has 0 bridgehead atoms. The van der Waals surface area contributed by atoms with Crippen LogP contribution in [0.3, 0.4) is 0 Å². The average Bonchev–Trinajstić information content (AvgIpc) is 2.95. The SMILES string of the molecule is CCCC[C@H](CC)C(=O)N[C@@H]1CCc2[nH]c3c(C)cccc3c2C1. The lowest BCUT2D eigenvalue weighted by molar-refractivity contribution is -0.126. The van der Waals surface area contributed by atoms with Gasteiger partial charge in [-0.2, -0.15) is 0 Å². The lowest BCUT2D eigenvalue weighted by atomic mass is 9.90. The summed E-state index contributed by atoms with van der Waals surface area (Å²) in [5.41, 5.74) is 5.34. The Kier molecular flexibility index (Phi) is 5.27. The molecule has 1 aliphatic rings. The highest BCUT2D eigenvalue weighted by atomic mass is 16.1. The highest BCUT2D eigenvalue weighted by Crippen LogP contribution is 2.31. The molecule has 0 fully saturated rings. The smallest absolute Gasteiger partial charge is 0.223 e. The zero-order valence-corrected chi connectivity index (χ0v) is 15.2. The van der Waals surface area contributed by atoms with E-state index in [4.69, 9.17) is 0 Å². The van der Waals surface area contributed by atoms with Gasteiger partial charge in [0.1, 0.15) is 0 Å². The Labute approximate surface area is 145 Å². The molecule has 0 radical (unpaired) electrons. The molecule has 0 aliphatic heterocycles. The third-order valence-electron chi connectivity index (χ3n) is 5.55. The maximum atomic E-state index is 12.6. The van der Waals surface area contributed by atoms with Crippen LogP contribution in [-0.4, -0.2) is 16.9 Å². The zero-order chi connectivity index (χ0) is 17.1. The normalized spacial score (nSPS) is 18.4. The fourth-order valence-corrected chi connectivity index (χ4v) is 4.00. The summed E-state index contributed by atoms with van der Waals surface area (Å²) in [6, 6.07) is 6.77. The van der Waals surface area contributed by atoms with E-state index in [0.717, 1.165) is 44.9 Å². The van der Waals surface area contributed by atoms with Crippen LogP contribution < -0.4 is 5.32 Å². The number of aromatic amines is 1. The van der Waals surface area contributed by atoms with Gasteiger partial charge in [0.05, 0.1) is 0 Å². The third kappa shape index (κ3) is 3.35. The van der Waals surface area contributed by atoms with Gasteiger partial charge in [-0.05, 0) is 50.2 Å². The molecule has 2 N–H and O–H groups in total. The van der Waals surface area contributed by atoms with Crippen LogP contribution in [0, 0.1) is 12.8 Å². The summed E-state index contributed by atoms with van der Waals surface area (Å²) in [6.07, 6.45) is 7.27. The predicted octanol–water partition coefficient (Wildman–Crippen LogP) is 4.67. The molecule has 2 atom stereocenters. The van der Waals surface area contributed by atoms with Crippen molar-refractivity contribution in [2.75, 3.05) is 0 Å². The number of aryl methyl sites for hydroxylation is 2. The van der Waals surface area contributed by atoms with Crippen molar-refractivity contribution in [3.63, 3.8) is 0 Å². The maximum absolute atomic E-state index is 12.6. The molecule has 0 saturated heterocycles. The Morgan fingerprint density at radius 3 is 2.96 bits per heavy atom.